The van der Waals surface area contributed by atoms with Crippen LogP contribution in [-0.4, -0.2) is 21.2 Å². The van der Waals surface area contributed by atoms with Crippen LogP contribution in [0.2, 0.25) is 0 Å². The Balaban J connectivity index is 1.70. The van der Waals surface area contributed by atoms with Crippen LogP contribution in [0.3, 0.4) is 0 Å². The first kappa shape index (κ1) is 14.8. The van der Waals surface area contributed by atoms with Crippen molar-refractivity contribution in [3.63, 3.8) is 0 Å². The molecule has 3 rings (SSSR count). The molecular formula is C17H23N5. The van der Waals surface area contributed by atoms with Crippen LogP contribution in [-0.2, 0) is 0 Å². The highest BCUT2D eigenvalue weighted by atomic mass is 15.3. The van der Waals surface area contributed by atoms with E-state index >= 15 is 0 Å². The van der Waals surface area contributed by atoms with Gasteiger partial charge in [0, 0.05) is 11.7 Å². The molecular weight excluding hydrogens is 274 g/mol. The van der Waals surface area contributed by atoms with Crippen molar-refractivity contribution in [2.75, 3.05) is 10.6 Å². The molecule has 1 aromatic carbocycles. The van der Waals surface area contributed by atoms with Crippen molar-refractivity contribution in [1.82, 2.24) is 15.2 Å². The molecule has 0 aliphatic heterocycles. The molecule has 0 amide bonds. The molecule has 1 fully saturated rings. The highest BCUT2D eigenvalue weighted by Gasteiger charge is 2.14. The summed E-state index contributed by atoms with van der Waals surface area (Å²) in [7, 11) is 0. The number of hydrogen-bond donors (Lipinski definition) is 2. The van der Waals surface area contributed by atoms with Gasteiger partial charge in [-0.1, -0.05) is 25.3 Å². The summed E-state index contributed by atoms with van der Waals surface area (Å²) in [5.74, 6) is 1.33. The van der Waals surface area contributed by atoms with E-state index in [1.54, 1.807) is 6.20 Å². The highest BCUT2D eigenvalue weighted by molar-refractivity contribution is 5.58. The Morgan fingerprint density at radius 1 is 1.00 bits per heavy atom. The third kappa shape index (κ3) is 3.93. The van der Waals surface area contributed by atoms with E-state index in [0.717, 1.165) is 11.5 Å². The first-order valence-electron chi connectivity index (χ1n) is 8.00. The Morgan fingerprint density at radius 2 is 1.73 bits per heavy atom. The monoisotopic (exact) mass is 297 g/mol. The molecule has 2 N–H and O–H groups in total. The van der Waals surface area contributed by atoms with Gasteiger partial charge in [-0.3, -0.25) is 0 Å². The third-order valence-electron chi connectivity index (χ3n) is 3.99. The fourth-order valence-corrected chi connectivity index (χ4v) is 3.05. The molecule has 22 heavy (non-hydrogen) atoms. The van der Waals surface area contributed by atoms with E-state index in [4.69, 9.17) is 0 Å². The van der Waals surface area contributed by atoms with Crippen molar-refractivity contribution < 1.29 is 0 Å². The Labute approximate surface area is 131 Å². The molecule has 0 bridgehead atoms. The van der Waals surface area contributed by atoms with E-state index in [0.29, 0.717) is 12.0 Å². The standard InChI is InChI=1S/C17H23N5/c1-12-8-13(2)10-15(9-12)19-16-11-18-22-17(21-16)20-14-6-4-3-5-7-14/h8-11,14H,3-7H2,1-2H3,(H2,19,20,21,22). The summed E-state index contributed by atoms with van der Waals surface area (Å²) in [5.41, 5.74) is 3.48. The number of nitrogens with zero attached hydrogens (tertiary/aromatic N) is 3. The minimum Gasteiger partial charge on any atom is -0.350 e. The quantitative estimate of drug-likeness (QED) is 0.894. The number of aryl methyl sites for hydroxylation is 2. The lowest BCUT2D eigenvalue weighted by molar-refractivity contribution is 0.460. The predicted octanol–water partition coefficient (Wildman–Crippen LogP) is 3.98. The third-order valence-corrected chi connectivity index (χ3v) is 3.99. The Kier molecular flexibility index (Phi) is 4.51. The predicted molar refractivity (Wildman–Crippen MR) is 89.5 cm³/mol. The first-order valence-corrected chi connectivity index (χ1v) is 8.00. The fourth-order valence-electron chi connectivity index (χ4n) is 3.05. The maximum atomic E-state index is 4.53. The van der Waals surface area contributed by atoms with Crippen LogP contribution in [0.25, 0.3) is 0 Å². The van der Waals surface area contributed by atoms with Gasteiger partial charge in [-0.05, 0) is 49.9 Å². The normalized spacial score (nSPS) is 15.5. The van der Waals surface area contributed by atoms with Crippen molar-refractivity contribution >= 4 is 17.5 Å². The average Bonchev–Trinajstić information content (AvgIpc) is 2.47. The summed E-state index contributed by atoms with van der Waals surface area (Å²) in [6.07, 6.45) is 7.95. The Morgan fingerprint density at radius 3 is 2.45 bits per heavy atom. The smallest absolute Gasteiger partial charge is 0.244 e. The number of nitrogens with one attached hydrogen (secondary N) is 2. The maximum Gasteiger partial charge on any atom is 0.244 e. The van der Waals surface area contributed by atoms with Crippen molar-refractivity contribution in [3.8, 4) is 0 Å². The number of rotatable bonds is 4. The molecule has 2 aromatic rings. The minimum absolute atomic E-state index is 0.479. The van der Waals surface area contributed by atoms with Gasteiger partial charge in [-0.25, -0.2) is 0 Å². The van der Waals surface area contributed by atoms with Crippen molar-refractivity contribution in [3.05, 3.63) is 35.5 Å². The van der Waals surface area contributed by atoms with E-state index in [1.807, 2.05) is 0 Å². The molecule has 1 aliphatic rings. The van der Waals surface area contributed by atoms with Gasteiger partial charge >= 0.3 is 0 Å². The van der Waals surface area contributed by atoms with Crippen LogP contribution in [0, 0.1) is 13.8 Å². The van der Waals surface area contributed by atoms with Crippen LogP contribution in [0.5, 0.6) is 0 Å². The summed E-state index contributed by atoms with van der Waals surface area (Å²) in [6.45, 7) is 4.18. The van der Waals surface area contributed by atoms with Gasteiger partial charge in [0.05, 0.1) is 6.20 Å². The van der Waals surface area contributed by atoms with Crippen LogP contribution in [0.15, 0.2) is 24.4 Å². The van der Waals surface area contributed by atoms with Gasteiger partial charge in [0.15, 0.2) is 5.82 Å². The number of anilines is 3. The molecule has 0 unspecified atom stereocenters. The average molecular weight is 297 g/mol. The van der Waals surface area contributed by atoms with E-state index in [1.165, 1.54) is 43.2 Å². The van der Waals surface area contributed by atoms with Crippen LogP contribution < -0.4 is 10.6 Å². The molecule has 5 heteroatoms. The molecule has 0 radical (unpaired) electrons. The summed E-state index contributed by atoms with van der Waals surface area (Å²) in [5, 5.41) is 14.9. The van der Waals surface area contributed by atoms with E-state index < -0.39 is 0 Å². The van der Waals surface area contributed by atoms with E-state index in [2.05, 4.69) is 57.9 Å². The van der Waals surface area contributed by atoms with E-state index in [9.17, 15) is 0 Å². The molecule has 0 spiro atoms. The van der Waals surface area contributed by atoms with Crippen molar-refractivity contribution in [2.24, 2.45) is 0 Å². The fraction of sp³-hybridized carbons (Fsp3) is 0.471. The zero-order chi connectivity index (χ0) is 15.4. The Bertz CT molecular complexity index is 614. The molecule has 1 aliphatic carbocycles. The van der Waals surface area contributed by atoms with Gasteiger partial charge in [-0.15, -0.1) is 5.10 Å². The topological polar surface area (TPSA) is 62.7 Å². The molecule has 0 atom stereocenters. The summed E-state index contributed by atoms with van der Waals surface area (Å²) in [4.78, 5) is 4.53. The number of benzene rings is 1. The maximum absolute atomic E-state index is 4.53. The lowest BCUT2D eigenvalue weighted by Gasteiger charge is -2.22. The van der Waals surface area contributed by atoms with Gasteiger partial charge in [0.1, 0.15) is 0 Å². The van der Waals surface area contributed by atoms with Gasteiger partial charge in [-0.2, -0.15) is 10.1 Å². The number of aromatic nitrogens is 3. The molecule has 1 aromatic heterocycles. The second-order valence-electron chi connectivity index (χ2n) is 6.15. The SMILES string of the molecule is Cc1cc(C)cc(Nc2cnnc(NC3CCCCC3)n2)c1. The van der Waals surface area contributed by atoms with Crippen LogP contribution >= 0.6 is 0 Å². The molecule has 5 nitrogen and oxygen atoms in total. The largest absolute Gasteiger partial charge is 0.350 e. The molecule has 1 heterocycles. The minimum atomic E-state index is 0.479. The zero-order valence-corrected chi connectivity index (χ0v) is 13.3. The summed E-state index contributed by atoms with van der Waals surface area (Å²) < 4.78 is 0. The Hall–Kier alpha value is -2.17. The molecule has 1 saturated carbocycles. The lowest BCUT2D eigenvalue weighted by Crippen LogP contribution is -2.23. The van der Waals surface area contributed by atoms with E-state index in [-0.39, 0.29) is 0 Å². The lowest BCUT2D eigenvalue weighted by atomic mass is 9.96. The second kappa shape index (κ2) is 6.73. The van der Waals surface area contributed by atoms with Gasteiger partial charge < -0.3 is 10.6 Å². The summed E-state index contributed by atoms with van der Waals surface area (Å²) in [6, 6.07) is 6.83. The van der Waals surface area contributed by atoms with Crippen molar-refractivity contribution in [2.45, 2.75) is 52.0 Å². The van der Waals surface area contributed by atoms with Crippen LogP contribution in [0.1, 0.15) is 43.2 Å². The molecule has 0 saturated heterocycles. The van der Waals surface area contributed by atoms with Crippen molar-refractivity contribution in [1.29, 1.82) is 0 Å². The van der Waals surface area contributed by atoms with Crippen LogP contribution in [0.4, 0.5) is 17.5 Å². The van der Waals surface area contributed by atoms with Gasteiger partial charge in [0.25, 0.3) is 0 Å². The summed E-state index contributed by atoms with van der Waals surface area (Å²) >= 11 is 0. The zero-order valence-electron chi connectivity index (χ0n) is 13.3. The number of hydrogen-bond acceptors (Lipinski definition) is 5. The second-order valence-corrected chi connectivity index (χ2v) is 6.15. The van der Waals surface area contributed by atoms with Gasteiger partial charge in [0.2, 0.25) is 5.95 Å². The highest BCUT2D eigenvalue weighted by Crippen LogP contribution is 2.21. The first-order chi connectivity index (χ1) is 10.7. The molecule has 116 valence electrons.